The summed E-state index contributed by atoms with van der Waals surface area (Å²) in [6, 6.07) is 21.6. The Balaban J connectivity index is 1.57. The Hall–Kier alpha value is -3.12. The third-order valence-corrected chi connectivity index (χ3v) is 7.31. The smallest absolute Gasteiger partial charge is 0.264 e. The van der Waals surface area contributed by atoms with E-state index in [0.29, 0.717) is 24.2 Å². The van der Waals surface area contributed by atoms with Gasteiger partial charge in [0.1, 0.15) is 0 Å². The molecule has 0 unspecified atom stereocenters. The van der Waals surface area contributed by atoms with E-state index >= 15 is 0 Å². The lowest BCUT2D eigenvalue weighted by Gasteiger charge is -2.24. The Morgan fingerprint density at radius 3 is 2.43 bits per heavy atom. The first-order valence-corrected chi connectivity index (χ1v) is 11.4. The van der Waals surface area contributed by atoms with Gasteiger partial charge in [-0.05, 0) is 61.7 Å². The number of fused-ring (bicyclic) bond motifs is 1. The third-order valence-electron chi connectivity index (χ3n) is 5.37. The molecule has 1 aliphatic heterocycles. The van der Waals surface area contributed by atoms with Gasteiger partial charge in [-0.15, -0.1) is 0 Å². The van der Waals surface area contributed by atoms with E-state index in [1.165, 1.54) is 4.31 Å². The Bertz CT molecular complexity index is 1170. The summed E-state index contributed by atoms with van der Waals surface area (Å²) in [5, 5.41) is 2.92. The lowest BCUT2D eigenvalue weighted by Crippen LogP contribution is -2.35. The van der Waals surface area contributed by atoms with Crippen molar-refractivity contribution in [3.05, 3.63) is 95.1 Å². The number of carbonyl (C=O) groups excluding carboxylic acids is 1. The molecular weight excluding hydrogens is 396 g/mol. The second kappa shape index (κ2) is 7.95. The summed E-state index contributed by atoms with van der Waals surface area (Å²) in [7, 11) is -3.66. The molecule has 154 valence electrons. The number of amides is 1. The molecule has 0 bridgehead atoms. The number of hydrogen-bond donors (Lipinski definition) is 1. The fourth-order valence-corrected chi connectivity index (χ4v) is 5.51. The van der Waals surface area contributed by atoms with Gasteiger partial charge in [0.25, 0.3) is 15.9 Å². The minimum absolute atomic E-state index is 0.172. The van der Waals surface area contributed by atoms with Crippen molar-refractivity contribution in [2.24, 2.45) is 0 Å². The molecule has 1 aliphatic rings. The molecular formula is C24H24N2O3S. The average molecular weight is 421 g/mol. The fourth-order valence-electron chi connectivity index (χ4n) is 3.81. The SMILES string of the molecule is Cc1ccc(S(=O)(=O)N2c3ccc(C(=O)NCc4ccccc4)cc3C[C@@H]2C)cc1. The number of hydrogen-bond acceptors (Lipinski definition) is 3. The van der Waals surface area contributed by atoms with E-state index in [0.717, 1.165) is 16.7 Å². The van der Waals surface area contributed by atoms with Crippen LogP contribution in [0.15, 0.2) is 77.7 Å². The molecule has 1 N–H and O–H groups in total. The Labute approximate surface area is 177 Å². The van der Waals surface area contributed by atoms with Crippen molar-refractivity contribution < 1.29 is 13.2 Å². The van der Waals surface area contributed by atoms with E-state index in [9.17, 15) is 13.2 Å². The zero-order chi connectivity index (χ0) is 21.3. The van der Waals surface area contributed by atoms with Gasteiger partial charge in [-0.25, -0.2) is 8.42 Å². The second-order valence-electron chi connectivity index (χ2n) is 7.68. The molecule has 1 heterocycles. The predicted molar refractivity (Wildman–Crippen MR) is 118 cm³/mol. The summed E-state index contributed by atoms with van der Waals surface area (Å²) in [5.74, 6) is -0.172. The molecule has 3 aromatic rings. The van der Waals surface area contributed by atoms with Gasteiger partial charge in [0.2, 0.25) is 0 Å². The fraction of sp³-hybridized carbons (Fsp3) is 0.208. The highest BCUT2D eigenvalue weighted by Crippen LogP contribution is 2.37. The first-order valence-electron chi connectivity index (χ1n) is 9.92. The van der Waals surface area contributed by atoms with Crippen LogP contribution in [0.5, 0.6) is 0 Å². The van der Waals surface area contributed by atoms with Crippen molar-refractivity contribution in [3.63, 3.8) is 0 Å². The van der Waals surface area contributed by atoms with Crippen molar-refractivity contribution in [2.45, 2.75) is 37.8 Å². The van der Waals surface area contributed by atoms with E-state index in [4.69, 9.17) is 0 Å². The molecule has 4 rings (SSSR count). The minimum Gasteiger partial charge on any atom is -0.348 e. The van der Waals surface area contributed by atoms with Crippen LogP contribution in [0.4, 0.5) is 5.69 Å². The van der Waals surface area contributed by atoms with E-state index in [2.05, 4.69) is 5.32 Å². The molecule has 30 heavy (non-hydrogen) atoms. The lowest BCUT2D eigenvalue weighted by molar-refractivity contribution is 0.0951. The molecule has 0 radical (unpaired) electrons. The molecule has 1 amide bonds. The van der Waals surface area contributed by atoms with Crippen molar-refractivity contribution in [1.29, 1.82) is 0 Å². The van der Waals surface area contributed by atoms with E-state index in [1.807, 2.05) is 44.2 Å². The van der Waals surface area contributed by atoms with Crippen molar-refractivity contribution in [3.8, 4) is 0 Å². The summed E-state index contributed by atoms with van der Waals surface area (Å²) in [5.41, 5.74) is 4.07. The van der Waals surface area contributed by atoms with Gasteiger partial charge in [-0.2, -0.15) is 0 Å². The van der Waals surface area contributed by atoms with Gasteiger partial charge in [0, 0.05) is 18.2 Å². The monoisotopic (exact) mass is 420 g/mol. The van der Waals surface area contributed by atoms with E-state index in [1.54, 1.807) is 42.5 Å². The van der Waals surface area contributed by atoms with Crippen LogP contribution >= 0.6 is 0 Å². The van der Waals surface area contributed by atoms with Gasteiger partial charge in [-0.1, -0.05) is 48.0 Å². The van der Waals surface area contributed by atoms with Crippen molar-refractivity contribution in [1.82, 2.24) is 5.32 Å². The topological polar surface area (TPSA) is 66.5 Å². The molecule has 0 saturated heterocycles. The first kappa shape index (κ1) is 20.2. The number of carbonyl (C=O) groups is 1. The quantitative estimate of drug-likeness (QED) is 0.677. The number of sulfonamides is 1. The molecule has 0 spiro atoms. The lowest BCUT2D eigenvalue weighted by atomic mass is 10.1. The number of benzene rings is 3. The van der Waals surface area contributed by atoms with Gasteiger partial charge < -0.3 is 5.32 Å². The zero-order valence-corrected chi connectivity index (χ0v) is 17.8. The third kappa shape index (κ3) is 3.83. The second-order valence-corrected chi connectivity index (χ2v) is 9.49. The maximum absolute atomic E-state index is 13.2. The standard InChI is InChI=1S/C24H24N2O3S/c1-17-8-11-22(12-9-17)30(28,29)26-18(2)14-21-15-20(10-13-23(21)26)24(27)25-16-19-6-4-3-5-7-19/h3-13,15,18H,14,16H2,1-2H3,(H,25,27)/t18-/m0/s1. The maximum Gasteiger partial charge on any atom is 0.264 e. The van der Waals surface area contributed by atoms with Crippen LogP contribution in [0.1, 0.15) is 34.0 Å². The van der Waals surface area contributed by atoms with Crippen molar-refractivity contribution >= 4 is 21.6 Å². The summed E-state index contributed by atoms with van der Waals surface area (Å²) in [4.78, 5) is 12.9. The Morgan fingerprint density at radius 2 is 1.73 bits per heavy atom. The zero-order valence-electron chi connectivity index (χ0n) is 17.0. The van der Waals surface area contributed by atoms with E-state index < -0.39 is 10.0 Å². The van der Waals surface area contributed by atoms with Crippen LogP contribution in [0.25, 0.3) is 0 Å². The summed E-state index contributed by atoms with van der Waals surface area (Å²) >= 11 is 0. The number of aryl methyl sites for hydroxylation is 1. The Morgan fingerprint density at radius 1 is 1.03 bits per heavy atom. The highest BCUT2D eigenvalue weighted by atomic mass is 32.2. The minimum atomic E-state index is -3.66. The number of nitrogens with zero attached hydrogens (tertiary/aromatic N) is 1. The Kier molecular flexibility index (Phi) is 5.35. The predicted octanol–water partition coefficient (Wildman–Crippen LogP) is 4.06. The van der Waals surface area contributed by atoms with Gasteiger partial charge >= 0.3 is 0 Å². The first-order chi connectivity index (χ1) is 14.4. The number of nitrogens with one attached hydrogen (secondary N) is 1. The molecule has 5 nitrogen and oxygen atoms in total. The summed E-state index contributed by atoms with van der Waals surface area (Å²) in [6.07, 6.45) is 0.570. The summed E-state index contributed by atoms with van der Waals surface area (Å²) < 4.78 is 28.0. The molecule has 0 aliphatic carbocycles. The van der Waals surface area contributed by atoms with Crippen LogP contribution in [0.2, 0.25) is 0 Å². The van der Waals surface area contributed by atoms with Crippen LogP contribution in [-0.4, -0.2) is 20.4 Å². The van der Waals surface area contributed by atoms with Crippen LogP contribution in [0, 0.1) is 6.92 Å². The van der Waals surface area contributed by atoms with Gasteiger partial charge in [0.15, 0.2) is 0 Å². The molecule has 0 fully saturated rings. The normalized spacial score (nSPS) is 15.7. The summed E-state index contributed by atoms with van der Waals surface area (Å²) in [6.45, 7) is 4.26. The largest absolute Gasteiger partial charge is 0.348 e. The van der Waals surface area contributed by atoms with Crippen molar-refractivity contribution in [2.75, 3.05) is 4.31 Å². The van der Waals surface area contributed by atoms with Gasteiger partial charge in [0.05, 0.1) is 10.6 Å². The van der Waals surface area contributed by atoms with Gasteiger partial charge in [-0.3, -0.25) is 9.10 Å². The highest BCUT2D eigenvalue weighted by Gasteiger charge is 2.36. The highest BCUT2D eigenvalue weighted by molar-refractivity contribution is 7.92. The number of anilines is 1. The molecule has 3 aromatic carbocycles. The van der Waals surface area contributed by atoms with Crippen LogP contribution in [-0.2, 0) is 23.0 Å². The molecule has 0 aromatic heterocycles. The van der Waals surface area contributed by atoms with E-state index in [-0.39, 0.29) is 16.8 Å². The van der Waals surface area contributed by atoms with Crippen LogP contribution in [0.3, 0.4) is 0 Å². The molecule has 0 saturated carbocycles. The number of rotatable bonds is 5. The molecule has 1 atom stereocenters. The molecule has 6 heteroatoms. The average Bonchev–Trinajstić information content (AvgIpc) is 3.08. The maximum atomic E-state index is 13.2. The van der Waals surface area contributed by atoms with Crippen LogP contribution < -0.4 is 9.62 Å².